The van der Waals surface area contributed by atoms with Gasteiger partial charge in [0.1, 0.15) is 0 Å². The van der Waals surface area contributed by atoms with Crippen LogP contribution in [0, 0.1) is 17.0 Å². The Bertz CT molecular complexity index is 774. The summed E-state index contributed by atoms with van der Waals surface area (Å²) in [4.78, 5) is 13.7. The zero-order valence-corrected chi connectivity index (χ0v) is 11.5. The second-order valence-electron chi connectivity index (χ2n) is 4.91. The van der Waals surface area contributed by atoms with Gasteiger partial charge in [-0.15, -0.1) is 0 Å². The zero-order valence-electron chi connectivity index (χ0n) is 11.5. The third-order valence-electron chi connectivity index (χ3n) is 3.47. The molecule has 2 aromatic carbocycles. The highest BCUT2D eigenvalue weighted by molar-refractivity contribution is 5.71. The van der Waals surface area contributed by atoms with Crippen molar-refractivity contribution >= 4 is 5.69 Å². The first-order valence-electron chi connectivity index (χ1n) is 6.65. The highest BCUT2D eigenvalue weighted by Crippen LogP contribution is 2.29. The molecule has 1 aromatic heterocycles. The van der Waals surface area contributed by atoms with E-state index in [0.717, 1.165) is 28.1 Å². The molecule has 0 atom stereocenters. The van der Waals surface area contributed by atoms with Crippen LogP contribution in [-0.2, 0) is 0 Å². The summed E-state index contributed by atoms with van der Waals surface area (Å²) >= 11 is 0. The van der Waals surface area contributed by atoms with Crippen LogP contribution in [0.5, 0.6) is 0 Å². The van der Waals surface area contributed by atoms with Crippen LogP contribution in [0.15, 0.2) is 60.7 Å². The van der Waals surface area contributed by atoms with Crippen molar-refractivity contribution in [1.29, 1.82) is 0 Å². The average Bonchev–Trinajstić information content (AvgIpc) is 2.90. The molecule has 0 saturated heterocycles. The molecule has 21 heavy (non-hydrogen) atoms. The third kappa shape index (κ3) is 2.56. The maximum Gasteiger partial charge on any atom is 0.269 e. The molecule has 0 radical (unpaired) electrons. The smallest absolute Gasteiger partial charge is 0.269 e. The van der Waals surface area contributed by atoms with Crippen molar-refractivity contribution in [2.45, 2.75) is 6.92 Å². The first kappa shape index (κ1) is 13.1. The highest BCUT2D eigenvalue weighted by atomic mass is 16.6. The second kappa shape index (κ2) is 5.25. The number of H-pyrrole nitrogens is 1. The van der Waals surface area contributed by atoms with E-state index in [4.69, 9.17) is 0 Å². The van der Waals surface area contributed by atoms with Gasteiger partial charge in [0.15, 0.2) is 0 Å². The monoisotopic (exact) mass is 278 g/mol. The van der Waals surface area contributed by atoms with Crippen molar-refractivity contribution in [2.75, 3.05) is 0 Å². The van der Waals surface area contributed by atoms with Crippen LogP contribution in [0.3, 0.4) is 0 Å². The van der Waals surface area contributed by atoms with Gasteiger partial charge in [0, 0.05) is 23.5 Å². The van der Waals surface area contributed by atoms with Crippen LogP contribution in [0.4, 0.5) is 5.69 Å². The highest BCUT2D eigenvalue weighted by Gasteiger charge is 2.10. The molecule has 4 nitrogen and oxygen atoms in total. The third-order valence-corrected chi connectivity index (χ3v) is 3.47. The van der Waals surface area contributed by atoms with Crippen molar-refractivity contribution in [2.24, 2.45) is 0 Å². The van der Waals surface area contributed by atoms with Gasteiger partial charge in [-0.25, -0.2) is 0 Å². The lowest BCUT2D eigenvalue weighted by Crippen LogP contribution is -1.87. The SMILES string of the molecule is Cc1cc(-c2ccc([N+](=O)[O-])cc2)[nH]c1-c1ccccc1. The molecule has 0 unspecified atom stereocenters. The van der Waals surface area contributed by atoms with Crippen molar-refractivity contribution < 1.29 is 4.92 Å². The predicted molar refractivity (Wildman–Crippen MR) is 83.1 cm³/mol. The van der Waals surface area contributed by atoms with Gasteiger partial charge in [-0.1, -0.05) is 30.3 Å². The summed E-state index contributed by atoms with van der Waals surface area (Å²) in [5.41, 5.74) is 5.35. The molecule has 0 fully saturated rings. The largest absolute Gasteiger partial charge is 0.354 e. The Morgan fingerprint density at radius 2 is 1.62 bits per heavy atom. The van der Waals surface area contributed by atoms with E-state index in [9.17, 15) is 10.1 Å². The van der Waals surface area contributed by atoms with Gasteiger partial charge < -0.3 is 4.98 Å². The molecule has 0 aliphatic heterocycles. The molecule has 0 saturated carbocycles. The zero-order chi connectivity index (χ0) is 14.8. The number of benzene rings is 2. The summed E-state index contributed by atoms with van der Waals surface area (Å²) in [6.45, 7) is 2.05. The van der Waals surface area contributed by atoms with E-state index in [1.54, 1.807) is 12.1 Å². The molecule has 1 N–H and O–H groups in total. The summed E-state index contributed by atoms with van der Waals surface area (Å²) in [7, 11) is 0. The molecule has 0 bridgehead atoms. The van der Waals surface area contributed by atoms with Crippen LogP contribution < -0.4 is 0 Å². The van der Waals surface area contributed by atoms with E-state index < -0.39 is 0 Å². The van der Waals surface area contributed by atoms with Gasteiger partial charge in [-0.3, -0.25) is 10.1 Å². The number of hydrogen-bond acceptors (Lipinski definition) is 2. The Morgan fingerprint density at radius 1 is 0.952 bits per heavy atom. The molecule has 1 heterocycles. The van der Waals surface area contributed by atoms with Gasteiger partial charge >= 0.3 is 0 Å². The fraction of sp³-hybridized carbons (Fsp3) is 0.0588. The van der Waals surface area contributed by atoms with Gasteiger partial charge in [0.05, 0.1) is 4.92 Å². The van der Waals surface area contributed by atoms with Crippen LogP contribution in [0.25, 0.3) is 22.5 Å². The molecular formula is C17H14N2O2. The number of aryl methyl sites for hydroxylation is 1. The predicted octanol–water partition coefficient (Wildman–Crippen LogP) is 4.57. The number of nitro benzene ring substituents is 1. The summed E-state index contributed by atoms with van der Waals surface area (Å²) < 4.78 is 0. The topological polar surface area (TPSA) is 58.9 Å². The Labute approximate surface area is 122 Å². The van der Waals surface area contributed by atoms with E-state index in [2.05, 4.69) is 23.2 Å². The number of hydrogen-bond donors (Lipinski definition) is 1. The first-order chi connectivity index (χ1) is 10.1. The van der Waals surface area contributed by atoms with Gasteiger partial charge in [-0.05, 0) is 41.8 Å². The molecule has 0 aliphatic rings. The number of aromatic nitrogens is 1. The molecule has 0 spiro atoms. The normalized spacial score (nSPS) is 10.5. The van der Waals surface area contributed by atoms with Crippen molar-refractivity contribution in [3.8, 4) is 22.5 Å². The fourth-order valence-corrected chi connectivity index (χ4v) is 2.38. The quantitative estimate of drug-likeness (QED) is 0.563. The minimum Gasteiger partial charge on any atom is -0.354 e. The summed E-state index contributed by atoms with van der Waals surface area (Å²) in [6.07, 6.45) is 0. The van der Waals surface area contributed by atoms with Gasteiger partial charge in [0.25, 0.3) is 5.69 Å². The van der Waals surface area contributed by atoms with E-state index in [1.165, 1.54) is 12.1 Å². The lowest BCUT2D eigenvalue weighted by molar-refractivity contribution is -0.384. The summed E-state index contributed by atoms with van der Waals surface area (Å²) in [5, 5.41) is 10.7. The van der Waals surface area contributed by atoms with Crippen LogP contribution >= 0.6 is 0 Å². The van der Waals surface area contributed by atoms with Gasteiger partial charge in [0.2, 0.25) is 0 Å². The maximum atomic E-state index is 10.7. The van der Waals surface area contributed by atoms with Crippen molar-refractivity contribution in [1.82, 2.24) is 4.98 Å². The fourth-order valence-electron chi connectivity index (χ4n) is 2.38. The molecule has 4 heteroatoms. The minimum atomic E-state index is -0.390. The summed E-state index contributed by atoms with van der Waals surface area (Å²) in [6, 6.07) is 18.7. The number of nitro groups is 1. The molecule has 3 rings (SSSR count). The number of non-ortho nitro benzene ring substituents is 1. The Hall–Kier alpha value is -2.88. The lowest BCUT2D eigenvalue weighted by Gasteiger charge is -2.00. The van der Waals surface area contributed by atoms with Gasteiger partial charge in [-0.2, -0.15) is 0 Å². The Kier molecular flexibility index (Phi) is 3.28. The van der Waals surface area contributed by atoms with Crippen molar-refractivity contribution in [3.05, 3.63) is 76.3 Å². The molecule has 0 amide bonds. The lowest BCUT2D eigenvalue weighted by atomic mass is 10.1. The van der Waals surface area contributed by atoms with E-state index in [1.807, 2.05) is 25.1 Å². The number of rotatable bonds is 3. The Balaban J connectivity index is 1.99. The maximum absolute atomic E-state index is 10.7. The molecular weight excluding hydrogens is 264 g/mol. The number of nitrogens with one attached hydrogen (secondary N) is 1. The average molecular weight is 278 g/mol. The second-order valence-corrected chi connectivity index (χ2v) is 4.91. The standard InChI is InChI=1S/C17H14N2O2/c1-12-11-16(13-7-9-15(10-8-13)19(20)21)18-17(12)14-5-3-2-4-6-14/h2-11,18H,1H3. The van der Waals surface area contributed by atoms with Crippen molar-refractivity contribution in [3.63, 3.8) is 0 Å². The Morgan fingerprint density at radius 3 is 2.24 bits per heavy atom. The minimum absolute atomic E-state index is 0.102. The molecule has 0 aliphatic carbocycles. The number of aromatic amines is 1. The van der Waals surface area contributed by atoms with Crippen LogP contribution in [0.2, 0.25) is 0 Å². The van der Waals surface area contributed by atoms with E-state index in [0.29, 0.717) is 0 Å². The van der Waals surface area contributed by atoms with E-state index >= 15 is 0 Å². The molecule has 3 aromatic rings. The number of nitrogens with zero attached hydrogens (tertiary/aromatic N) is 1. The first-order valence-corrected chi connectivity index (χ1v) is 6.65. The summed E-state index contributed by atoms with van der Waals surface area (Å²) in [5.74, 6) is 0. The van der Waals surface area contributed by atoms with Crippen LogP contribution in [0.1, 0.15) is 5.56 Å². The molecule has 104 valence electrons. The van der Waals surface area contributed by atoms with Crippen LogP contribution in [-0.4, -0.2) is 9.91 Å². The van der Waals surface area contributed by atoms with E-state index in [-0.39, 0.29) is 10.6 Å².